The second-order valence-corrected chi connectivity index (χ2v) is 6.63. The maximum Gasteiger partial charge on any atom is 0.133 e. The Morgan fingerprint density at radius 3 is 2.52 bits per heavy atom. The fraction of sp³-hybridized carbons (Fsp3) is 0.250. The van der Waals surface area contributed by atoms with Crippen LogP contribution in [-0.4, -0.2) is 7.11 Å². The lowest BCUT2D eigenvalue weighted by molar-refractivity contribution is 0.412. The van der Waals surface area contributed by atoms with Crippen molar-refractivity contribution >= 4 is 31.9 Å². The van der Waals surface area contributed by atoms with Crippen LogP contribution in [0.15, 0.2) is 45.3 Å². The van der Waals surface area contributed by atoms with Gasteiger partial charge in [-0.05, 0) is 58.6 Å². The van der Waals surface area contributed by atoms with Crippen molar-refractivity contribution in [2.45, 2.75) is 19.4 Å². The fourth-order valence-corrected chi connectivity index (χ4v) is 3.37. The highest BCUT2D eigenvalue weighted by atomic mass is 79.9. The van der Waals surface area contributed by atoms with Gasteiger partial charge in [0.05, 0.1) is 17.6 Å². The topological polar surface area (TPSA) is 47.3 Å². The molecule has 0 saturated carbocycles. The predicted molar refractivity (Wildman–Crippen MR) is 93.3 cm³/mol. The lowest BCUT2D eigenvalue weighted by Crippen LogP contribution is -2.30. The van der Waals surface area contributed by atoms with Gasteiger partial charge in [0.25, 0.3) is 0 Å². The molecule has 3 nitrogen and oxygen atoms in total. The van der Waals surface area contributed by atoms with Crippen LogP contribution in [0, 0.1) is 6.92 Å². The number of aryl methyl sites for hydroxylation is 1. The molecule has 0 radical (unpaired) electrons. The average molecular weight is 414 g/mol. The van der Waals surface area contributed by atoms with Crippen LogP contribution in [0.5, 0.6) is 5.75 Å². The van der Waals surface area contributed by atoms with Crippen molar-refractivity contribution in [3.8, 4) is 5.75 Å². The first kappa shape index (κ1) is 16.5. The first-order valence-corrected chi connectivity index (χ1v) is 8.18. The van der Waals surface area contributed by atoms with Gasteiger partial charge in [-0.25, -0.2) is 0 Å². The van der Waals surface area contributed by atoms with E-state index in [1.807, 2.05) is 6.07 Å². The number of ether oxygens (including phenoxy) is 1. The molecule has 5 heteroatoms. The molecule has 0 aliphatic rings. The van der Waals surface area contributed by atoms with Crippen LogP contribution in [-0.2, 0) is 6.42 Å². The van der Waals surface area contributed by atoms with Crippen molar-refractivity contribution in [2.75, 3.05) is 7.11 Å². The van der Waals surface area contributed by atoms with Crippen molar-refractivity contribution in [2.24, 2.45) is 5.84 Å². The second kappa shape index (κ2) is 7.40. The summed E-state index contributed by atoms with van der Waals surface area (Å²) in [5.41, 5.74) is 6.46. The number of methoxy groups -OCH3 is 1. The molecule has 112 valence electrons. The van der Waals surface area contributed by atoms with Gasteiger partial charge in [-0.3, -0.25) is 11.3 Å². The molecule has 0 aliphatic carbocycles. The molecule has 0 aromatic heterocycles. The molecule has 21 heavy (non-hydrogen) atoms. The Bertz CT molecular complexity index is 632. The summed E-state index contributed by atoms with van der Waals surface area (Å²) in [5.74, 6) is 6.59. The van der Waals surface area contributed by atoms with E-state index < -0.39 is 0 Å². The predicted octanol–water partition coefficient (Wildman–Crippen LogP) is 4.28. The molecule has 1 unspecified atom stereocenters. The molecule has 0 aliphatic heterocycles. The Balaban J connectivity index is 2.26. The van der Waals surface area contributed by atoms with Crippen LogP contribution < -0.4 is 16.0 Å². The fourth-order valence-electron chi connectivity index (χ4n) is 2.26. The molecule has 0 bridgehead atoms. The average Bonchev–Trinajstić information content (AvgIpc) is 2.47. The van der Waals surface area contributed by atoms with Crippen molar-refractivity contribution in [1.82, 2.24) is 5.43 Å². The molecule has 0 saturated heterocycles. The van der Waals surface area contributed by atoms with E-state index in [-0.39, 0.29) is 6.04 Å². The molecule has 0 fully saturated rings. The number of benzene rings is 2. The van der Waals surface area contributed by atoms with E-state index >= 15 is 0 Å². The summed E-state index contributed by atoms with van der Waals surface area (Å²) in [6, 6.07) is 12.4. The SMILES string of the molecule is COc1ccc(CC(NN)c2cc(C)ccc2Br)cc1Br. The molecule has 3 N–H and O–H groups in total. The van der Waals surface area contributed by atoms with Crippen LogP contribution in [0.25, 0.3) is 0 Å². The largest absolute Gasteiger partial charge is 0.496 e. The van der Waals surface area contributed by atoms with Crippen molar-refractivity contribution in [1.29, 1.82) is 0 Å². The highest BCUT2D eigenvalue weighted by Gasteiger charge is 2.15. The molecule has 0 spiro atoms. The molecule has 2 aromatic rings. The molecule has 2 aromatic carbocycles. The highest BCUT2D eigenvalue weighted by Crippen LogP contribution is 2.30. The monoisotopic (exact) mass is 412 g/mol. The minimum Gasteiger partial charge on any atom is -0.496 e. The molecule has 0 heterocycles. The van der Waals surface area contributed by atoms with E-state index in [2.05, 4.69) is 74.5 Å². The van der Waals surface area contributed by atoms with Crippen LogP contribution in [0.4, 0.5) is 0 Å². The van der Waals surface area contributed by atoms with Gasteiger partial charge >= 0.3 is 0 Å². The Morgan fingerprint density at radius 2 is 1.90 bits per heavy atom. The normalized spacial score (nSPS) is 12.2. The Hall–Kier alpha value is -0.880. The van der Waals surface area contributed by atoms with Crippen LogP contribution in [0.2, 0.25) is 0 Å². The molecular weight excluding hydrogens is 396 g/mol. The van der Waals surface area contributed by atoms with E-state index in [4.69, 9.17) is 10.6 Å². The first-order valence-electron chi connectivity index (χ1n) is 6.59. The summed E-state index contributed by atoms with van der Waals surface area (Å²) in [7, 11) is 1.66. The molecular formula is C16H18Br2N2O. The maximum atomic E-state index is 5.76. The lowest BCUT2D eigenvalue weighted by Gasteiger charge is -2.19. The Labute approximate surface area is 142 Å². The van der Waals surface area contributed by atoms with Gasteiger partial charge < -0.3 is 4.74 Å². The van der Waals surface area contributed by atoms with Gasteiger partial charge in [0.2, 0.25) is 0 Å². The van der Waals surface area contributed by atoms with Crippen LogP contribution >= 0.6 is 31.9 Å². The number of nitrogens with two attached hydrogens (primary N) is 1. The maximum absolute atomic E-state index is 5.76. The van der Waals surface area contributed by atoms with Gasteiger partial charge in [-0.2, -0.15) is 0 Å². The van der Waals surface area contributed by atoms with Crippen LogP contribution in [0.1, 0.15) is 22.7 Å². The summed E-state index contributed by atoms with van der Waals surface area (Å²) in [6.07, 6.45) is 0.793. The van der Waals surface area contributed by atoms with E-state index in [1.54, 1.807) is 7.11 Å². The van der Waals surface area contributed by atoms with E-state index in [0.29, 0.717) is 0 Å². The van der Waals surface area contributed by atoms with Gasteiger partial charge in [0.15, 0.2) is 0 Å². The van der Waals surface area contributed by atoms with Gasteiger partial charge in [0, 0.05) is 4.47 Å². The third kappa shape index (κ3) is 4.07. The van der Waals surface area contributed by atoms with Crippen molar-refractivity contribution in [3.63, 3.8) is 0 Å². The number of hydrazine groups is 1. The van der Waals surface area contributed by atoms with Crippen molar-refractivity contribution < 1.29 is 4.74 Å². The molecule has 0 amide bonds. The smallest absolute Gasteiger partial charge is 0.133 e. The standard InChI is InChI=1S/C16H18Br2N2O/c1-10-3-5-13(17)12(7-10)15(20-19)9-11-4-6-16(21-2)14(18)8-11/h3-8,15,20H,9,19H2,1-2H3. The summed E-state index contributed by atoms with van der Waals surface area (Å²) in [6.45, 7) is 2.08. The Morgan fingerprint density at radius 1 is 1.14 bits per heavy atom. The molecule has 1 atom stereocenters. The zero-order valence-corrected chi connectivity index (χ0v) is 15.2. The number of hydrogen-bond donors (Lipinski definition) is 2. The summed E-state index contributed by atoms with van der Waals surface area (Å²) >= 11 is 7.11. The minimum absolute atomic E-state index is 0.0413. The summed E-state index contributed by atoms with van der Waals surface area (Å²) < 4.78 is 7.26. The third-order valence-electron chi connectivity index (χ3n) is 3.38. The quantitative estimate of drug-likeness (QED) is 0.568. The zero-order valence-electron chi connectivity index (χ0n) is 12.0. The molecule has 2 rings (SSSR count). The third-order valence-corrected chi connectivity index (χ3v) is 4.73. The van der Waals surface area contributed by atoms with Gasteiger partial charge in [0.1, 0.15) is 5.75 Å². The minimum atomic E-state index is 0.0413. The summed E-state index contributed by atoms with van der Waals surface area (Å²) in [4.78, 5) is 0. The lowest BCUT2D eigenvalue weighted by atomic mass is 9.98. The number of rotatable bonds is 5. The number of hydrogen-bond acceptors (Lipinski definition) is 3. The van der Waals surface area contributed by atoms with E-state index in [1.165, 1.54) is 11.1 Å². The van der Waals surface area contributed by atoms with Crippen LogP contribution in [0.3, 0.4) is 0 Å². The van der Waals surface area contributed by atoms with E-state index in [0.717, 1.165) is 26.7 Å². The zero-order chi connectivity index (χ0) is 15.4. The number of halogens is 2. The highest BCUT2D eigenvalue weighted by molar-refractivity contribution is 9.10. The van der Waals surface area contributed by atoms with Gasteiger partial charge in [-0.15, -0.1) is 0 Å². The van der Waals surface area contributed by atoms with Crippen molar-refractivity contribution in [3.05, 3.63) is 62.0 Å². The summed E-state index contributed by atoms with van der Waals surface area (Å²) in [5, 5.41) is 0. The first-order chi connectivity index (χ1) is 10.0. The Kier molecular flexibility index (Phi) is 5.81. The number of nitrogens with one attached hydrogen (secondary N) is 1. The van der Waals surface area contributed by atoms with E-state index in [9.17, 15) is 0 Å². The van der Waals surface area contributed by atoms with Gasteiger partial charge in [-0.1, -0.05) is 39.7 Å². The second-order valence-electron chi connectivity index (χ2n) is 4.92.